The number of rotatable bonds is 4. The molecule has 0 aliphatic carbocycles. The van der Waals surface area contributed by atoms with Crippen LogP contribution in [0.2, 0.25) is 0 Å². The minimum absolute atomic E-state index is 0.0384. The zero-order chi connectivity index (χ0) is 21.1. The van der Waals surface area contributed by atoms with Crippen molar-refractivity contribution in [1.29, 1.82) is 0 Å². The number of nitrogens with zero attached hydrogens (tertiary/aromatic N) is 1. The lowest BCUT2D eigenvalue weighted by Crippen LogP contribution is -2.30. The van der Waals surface area contributed by atoms with Crippen molar-refractivity contribution in [3.8, 4) is 11.6 Å². The summed E-state index contributed by atoms with van der Waals surface area (Å²) in [4.78, 5) is 17.5. The number of pyridine rings is 1. The van der Waals surface area contributed by atoms with E-state index in [2.05, 4.69) is 16.4 Å². The van der Waals surface area contributed by atoms with E-state index < -0.39 is 11.7 Å². The fourth-order valence-corrected chi connectivity index (χ4v) is 4.26. The molecule has 1 atom stereocenters. The zero-order valence-electron chi connectivity index (χ0n) is 15.6. The Hall–Kier alpha value is -3.00. The average Bonchev–Trinajstić information content (AvgIpc) is 2.74. The molecular weight excluding hydrogens is 413 g/mol. The molecule has 0 saturated heterocycles. The predicted molar refractivity (Wildman–Crippen MR) is 108 cm³/mol. The van der Waals surface area contributed by atoms with Crippen molar-refractivity contribution in [2.45, 2.75) is 23.5 Å². The van der Waals surface area contributed by atoms with Gasteiger partial charge < -0.3 is 10.1 Å². The molecule has 4 rings (SSSR count). The van der Waals surface area contributed by atoms with Gasteiger partial charge in [0.15, 0.2) is 0 Å². The third kappa shape index (κ3) is 4.59. The number of amides is 1. The first-order valence-electron chi connectivity index (χ1n) is 9.24. The molecule has 0 fully saturated rings. The van der Waals surface area contributed by atoms with Gasteiger partial charge in [0.2, 0.25) is 5.88 Å². The van der Waals surface area contributed by atoms with E-state index in [9.17, 15) is 18.0 Å². The van der Waals surface area contributed by atoms with Crippen LogP contribution in [0.15, 0.2) is 71.8 Å². The lowest BCUT2D eigenvalue weighted by Gasteiger charge is -2.25. The lowest BCUT2D eigenvalue weighted by atomic mass is 10.0. The van der Waals surface area contributed by atoms with Gasteiger partial charge >= 0.3 is 6.18 Å². The summed E-state index contributed by atoms with van der Waals surface area (Å²) in [6, 6.07) is 16.4. The fourth-order valence-electron chi connectivity index (χ4n) is 3.14. The SMILES string of the molecule is O=C(N[C@H]1CCSc2ccccc21)c1ccc(Oc2ccc(C(F)(F)F)cn2)cc1. The molecule has 8 heteroatoms. The molecule has 0 radical (unpaired) electrons. The molecule has 1 amide bonds. The smallest absolute Gasteiger partial charge is 0.417 e. The first kappa shape index (κ1) is 20.3. The highest BCUT2D eigenvalue weighted by Gasteiger charge is 2.30. The third-order valence-electron chi connectivity index (χ3n) is 4.67. The fraction of sp³-hybridized carbons (Fsp3) is 0.182. The molecule has 0 saturated carbocycles. The molecule has 1 aromatic heterocycles. The van der Waals surface area contributed by atoms with E-state index in [0.717, 1.165) is 36.1 Å². The van der Waals surface area contributed by atoms with Gasteiger partial charge in [-0.05, 0) is 48.4 Å². The molecule has 1 aliphatic rings. The molecule has 0 bridgehead atoms. The Bertz CT molecular complexity index is 1040. The van der Waals surface area contributed by atoms with Gasteiger partial charge in [0.25, 0.3) is 5.91 Å². The maximum absolute atomic E-state index is 12.6. The minimum atomic E-state index is -4.45. The normalized spacial score (nSPS) is 15.9. The number of hydrogen-bond acceptors (Lipinski definition) is 4. The second kappa shape index (κ2) is 8.39. The van der Waals surface area contributed by atoms with Crippen LogP contribution in [0.25, 0.3) is 0 Å². The monoisotopic (exact) mass is 430 g/mol. The van der Waals surface area contributed by atoms with Crippen LogP contribution in [0.1, 0.15) is 33.9 Å². The number of alkyl halides is 3. The summed E-state index contributed by atoms with van der Waals surface area (Å²) in [5.41, 5.74) is 0.749. The second-order valence-corrected chi connectivity index (χ2v) is 7.85. The first-order chi connectivity index (χ1) is 14.4. The summed E-state index contributed by atoms with van der Waals surface area (Å²) in [5, 5.41) is 3.07. The summed E-state index contributed by atoms with van der Waals surface area (Å²) in [5.74, 6) is 1.16. The number of benzene rings is 2. The van der Waals surface area contributed by atoms with Gasteiger partial charge in [0, 0.05) is 28.5 Å². The summed E-state index contributed by atoms with van der Waals surface area (Å²) in [6.45, 7) is 0. The van der Waals surface area contributed by atoms with E-state index in [4.69, 9.17) is 4.74 Å². The largest absolute Gasteiger partial charge is 0.439 e. The molecule has 4 nitrogen and oxygen atoms in total. The topological polar surface area (TPSA) is 51.2 Å². The number of aromatic nitrogens is 1. The van der Waals surface area contributed by atoms with Crippen LogP contribution in [-0.4, -0.2) is 16.6 Å². The van der Waals surface area contributed by atoms with Crippen LogP contribution in [0.5, 0.6) is 11.6 Å². The predicted octanol–water partition coefficient (Wildman–Crippen LogP) is 5.86. The molecule has 154 valence electrons. The molecule has 2 heterocycles. The Balaban J connectivity index is 1.41. The van der Waals surface area contributed by atoms with Crippen molar-refractivity contribution in [1.82, 2.24) is 10.3 Å². The number of nitrogens with one attached hydrogen (secondary N) is 1. The molecule has 3 aromatic rings. The number of thioether (sulfide) groups is 1. The minimum Gasteiger partial charge on any atom is -0.439 e. The Labute approximate surface area is 175 Å². The molecule has 1 N–H and O–H groups in total. The van der Waals surface area contributed by atoms with Crippen LogP contribution >= 0.6 is 11.8 Å². The molecule has 0 spiro atoms. The molecule has 30 heavy (non-hydrogen) atoms. The molecule has 2 aromatic carbocycles. The Kier molecular flexibility index (Phi) is 5.67. The van der Waals surface area contributed by atoms with Crippen molar-refractivity contribution in [3.63, 3.8) is 0 Å². The maximum atomic E-state index is 12.6. The molecule has 0 unspecified atom stereocenters. The van der Waals surface area contributed by atoms with Crippen molar-refractivity contribution in [2.24, 2.45) is 0 Å². The third-order valence-corrected chi connectivity index (χ3v) is 5.79. The van der Waals surface area contributed by atoms with Crippen LogP contribution in [0.4, 0.5) is 13.2 Å². The average molecular weight is 430 g/mol. The number of fused-ring (bicyclic) bond motifs is 1. The number of hydrogen-bond donors (Lipinski definition) is 1. The van der Waals surface area contributed by atoms with Crippen LogP contribution in [-0.2, 0) is 6.18 Å². The van der Waals surface area contributed by atoms with Gasteiger partial charge in [-0.15, -0.1) is 11.8 Å². The zero-order valence-corrected chi connectivity index (χ0v) is 16.5. The number of ether oxygens (including phenoxy) is 1. The Morgan fingerprint density at radius 1 is 1.07 bits per heavy atom. The summed E-state index contributed by atoms with van der Waals surface area (Å²) < 4.78 is 43.3. The standard InChI is InChI=1S/C22H17F3N2O2S/c23-22(24,25)15-7-10-20(26-13-15)29-16-8-5-14(6-9-16)21(28)27-18-11-12-30-19-4-2-1-3-17(18)19/h1-10,13,18H,11-12H2,(H,27,28)/t18-/m0/s1. The number of carbonyl (C=O) groups excluding carboxylic acids is 1. The van der Waals surface area contributed by atoms with Crippen LogP contribution in [0.3, 0.4) is 0 Å². The number of halogens is 3. The summed E-state index contributed by atoms with van der Waals surface area (Å²) in [6.07, 6.45) is -2.87. The highest BCUT2D eigenvalue weighted by molar-refractivity contribution is 7.99. The van der Waals surface area contributed by atoms with Crippen molar-refractivity contribution in [3.05, 3.63) is 83.6 Å². The molecule has 1 aliphatic heterocycles. The van der Waals surface area contributed by atoms with E-state index in [0.29, 0.717) is 11.3 Å². The Morgan fingerprint density at radius 2 is 1.83 bits per heavy atom. The van der Waals surface area contributed by atoms with Gasteiger partial charge in [-0.3, -0.25) is 4.79 Å². The van der Waals surface area contributed by atoms with E-state index in [1.807, 2.05) is 18.2 Å². The summed E-state index contributed by atoms with van der Waals surface area (Å²) >= 11 is 1.78. The summed E-state index contributed by atoms with van der Waals surface area (Å²) in [7, 11) is 0. The molecular formula is C22H17F3N2O2S. The van der Waals surface area contributed by atoms with Gasteiger partial charge in [-0.1, -0.05) is 18.2 Å². The van der Waals surface area contributed by atoms with Gasteiger partial charge in [-0.25, -0.2) is 4.98 Å². The van der Waals surface area contributed by atoms with E-state index >= 15 is 0 Å². The Morgan fingerprint density at radius 3 is 2.53 bits per heavy atom. The van der Waals surface area contributed by atoms with Crippen molar-refractivity contribution < 1.29 is 22.7 Å². The van der Waals surface area contributed by atoms with E-state index in [1.165, 1.54) is 4.90 Å². The van der Waals surface area contributed by atoms with E-state index in [-0.39, 0.29) is 17.8 Å². The highest BCUT2D eigenvalue weighted by Crippen LogP contribution is 2.36. The van der Waals surface area contributed by atoms with Gasteiger partial charge in [0.1, 0.15) is 5.75 Å². The van der Waals surface area contributed by atoms with E-state index in [1.54, 1.807) is 36.0 Å². The first-order valence-corrected chi connectivity index (χ1v) is 10.2. The van der Waals surface area contributed by atoms with Crippen molar-refractivity contribution in [2.75, 3.05) is 5.75 Å². The van der Waals surface area contributed by atoms with Crippen LogP contribution in [0, 0.1) is 0 Å². The quantitative estimate of drug-likeness (QED) is 0.563. The van der Waals surface area contributed by atoms with Gasteiger partial charge in [0.05, 0.1) is 11.6 Å². The van der Waals surface area contributed by atoms with Gasteiger partial charge in [-0.2, -0.15) is 13.2 Å². The number of carbonyl (C=O) groups is 1. The lowest BCUT2D eigenvalue weighted by molar-refractivity contribution is -0.137. The van der Waals surface area contributed by atoms with Crippen LogP contribution < -0.4 is 10.1 Å². The second-order valence-electron chi connectivity index (χ2n) is 6.71. The van der Waals surface area contributed by atoms with Crippen molar-refractivity contribution >= 4 is 17.7 Å². The maximum Gasteiger partial charge on any atom is 0.417 e. The highest BCUT2D eigenvalue weighted by atomic mass is 32.2.